The molecule has 3 aromatic carbocycles. The molecular weight excluding hydrogens is 527 g/mol. The van der Waals surface area contributed by atoms with Crippen molar-refractivity contribution in [3.05, 3.63) is 75.9 Å². The predicted molar refractivity (Wildman–Crippen MR) is 156 cm³/mol. The second kappa shape index (κ2) is 10.2. The van der Waals surface area contributed by atoms with E-state index in [1.165, 1.54) is 12.1 Å². The Hall–Kier alpha value is -4.00. The molecule has 1 aliphatic heterocycles. The van der Waals surface area contributed by atoms with Crippen LogP contribution >= 0.6 is 0 Å². The van der Waals surface area contributed by atoms with E-state index in [9.17, 15) is 22.4 Å². The molecule has 0 bridgehead atoms. The Labute approximate surface area is 231 Å². The molecule has 204 valence electrons. The van der Waals surface area contributed by atoms with E-state index in [1.54, 1.807) is 24.3 Å². The van der Waals surface area contributed by atoms with Crippen LogP contribution in [0.15, 0.2) is 64.3 Å². The first-order chi connectivity index (χ1) is 19.3. The fraction of sp³-hybridized carbons (Fsp3) is 0.290. The van der Waals surface area contributed by atoms with Gasteiger partial charge in [0.15, 0.2) is 5.43 Å². The van der Waals surface area contributed by atoms with Crippen molar-refractivity contribution in [2.75, 3.05) is 13.1 Å². The van der Waals surface area contributed by atoms with Gasteiger partial charge in [-0.2, -0.15) is 13.7 Å². The Bertz CT molecular complexity index is 2000. The fourth-order valence-corrected chi connectivity index (χ4v) is 6.54. The molecule has 0 spiro atoms. The van der Waals surface area contributed by atoms with Crippen molar-refractivity contribution in [1.82, 2.24) is 14.9 Å². The summed E-state index contributed by atoms with van der Waals surface area (Å²) in [5.74, 6) is 0. The van der Waals surface area contributed by atoms with Crippen LogP contribution < -0.4 is 10.7 Å². The lowest BCUT2D eigenvalue weighted by Gasteiger charge is -2.28. The summed E-state index contributed by atoms with van der Waals surface area (Å²) in [7, 11) is -4.88. The van der Waals surface area contributed by atoms with Gasteiger partial charge in [0.05, 0.1) is 27.4 Å². The Morgan fingerprint density at radius 2 is 1.88 bits per heavy atom. The quantitative estimate of drug-likeness (QED) is 0.246. The first-order valence-electron chi connectivity index (χ1n) is 13.6. The van der Waals surface area contributed by atoms with Crippen molar-refractivity contribution in [2.45, 2.75) is 50.0 Å². The van der Waals surface area contributed by atoms with Gasteiger partial charge in [0, 0.05) is 22.3 Å². The molecule has 2 N–H and O–H groups in total. The number of rotatable bonds is 6. The molecule has 0 atom stereocenters. The molecule has 5 aromatic rings. The van der Waals surface area contributed by atoms with Gasteiger partial charge < -0.3 is 14.9 Å². The van der Waals surface area contributed by atoms with E-state index in [0.29, 0.717) is 34.0 Å². The number of piperidine rings is 1. The molecule has 0 saturated carbocycles. The van der Waals surface area contributed by atoms with E-state index in [4.69, 9.17) is 0 Å². The number of hydrogen-bond donors (Lipinski definition) is 2. The topological polar surface area (TPSA) is 108 Å². The summed E-state index contributed by atoms with van der Waals surface area (Å²) >= 11 is 0. The molecule has 0 aliphatic carbocycles. The summed E-state index contributed by atoms with van der Waals surface area (Å²) in [6.07, 6.45) is 4.26. The Morgan fingerprint density at radius 1 is 1.07 bits per heavy atom. The summed E-state index contributed by atoms with van der Waals surface area (Å²) < 4.78 is 39.6. The highest BCUT2D eigenvalue weighted by atomic mass is 32.3. The highest BCUT2D eigenvalue weighted by Gasteiger charge is 2.24. The second-order valence-corrected chi connectivity index (χ2v) is 11.8. The lowest BCUT2D eigenvalue weighted by atomic mass is 9.93. The zero-order valence-corrected chi connectivity index (χ0v) is 22.9. The van der Waals surface area contributed by atoms with Gasteiger partial charge in [0.1, 0.15) is 5.65 Å². The zero-order valence-electron chi connectivity index (χ0n) is 22.1. The van der Waals surface area contributed by atoms with Crippen molar-refractivity contribution in [2.24, 2.45) is 0 Å². The number of aryl methyl sites for hydroxylation is 1. The SMILES string of the molecule is CCCCc1cc2c(=O)c3c4ccc(C#N)cc4[nH]c3n(C3CCNCC3)c2cc1-c1cccc(S(=O)(=O)F)c1. The molecule has 40 heavy (non-hydrogen) atoms. The van der Waals surface area contributed by atoms with Crippen molar-refractivity contribution in [3.63, 3.8) is 0 Å². The maximum Gasteiger partial charge on any atom is 0.332 e. The maximum absolute atomic E-state index is 14.2. The maximum atomic E-state index is 14.2. The molecule has 0 unspecified atom stereocenters. The smallest absolute Gasteiger partial charge is 0.332 e. The van der Waals surface area contributed by atoms with Crippen LogP contribution in [0.1, 0.15) is 49.8 Å². The molecule has 9 heteroatoms. The van der Waals surface area contributed by atoms with Crippen LogP contribution in [0, 0.1) is 11.3 Å². The Morgan fingerprint density at radius 3 is 2.60 bits per heavy atom. The number of unbranched alkanes of at least 4 members (excludes halogenated alkanes) is 1. The van der Waals surface area contributed by atoms with Gasteiger partial charge in [-0.05, 0) is 91.9 Å². The standard InChI is InChI=1S/C31H29FN4O3S/c1-2-3-5-21-16-26-28(17-25(21)20-6-4-7-23(15-20)40(32,38)39)36(22-10-12-34-13-11-22)31-29(30(26)37)24-9-8-19(18-33)14-27(24)35-31/h4,6-9,14-17,22,34-35H,2-3,5,10-13H2,1H3. The number of nitrogens with one attached hydrogen (secondary N) is 2. The fourth-order valence-electron chi connectivity index (χ4n) is 6.04. The minimum absolute atomic E-state index is 0.0875. The average molecular weight is 557 g/mol. The van der Waals surface area contributed by atoms with Crippen LogP contribution in [-0.2, 0) is 16.6 Å². The number of aromatic nitrogens is 2. The summed E-state index contributed by atoms with van der Waals surface area (Å²) in [6, 6.07) is 17.5. The lowest BCUT2D eigenvalue weighted by molar-refractivity contribution is 0.381. The first-order valence-corrected chi connectivity index (χ1v) is 15.0. The lowest BCUT2D eigenvalue weighted by Crippen LogP contribution is -2.30. The third-order valence-electron chi connectivity index (χ3n) is 8.00. The number of pyridine rings is 1. The Balaban J connectivity index is 1.73. The van der Waals surface area contributed by atoms with Crippen LogP contribution in [-0.4, -0.2) is 31.1 Å². The number of fused-ring (bicyclic) bond motifs is 4. The first kappa shape index (κ1) is 26.2. The van der Waals surface area contributed by atoms with Crippen molar-refractivity contribution in [3.8, 4) is 17.2 Å². The number of nitrogens with zero attached hydrogens (tertiary/aromatic N) is 2. The number of hydrogen-bond acceptors (Lipinski definition) is 5. The van der Waals surface area contributed by atoms with Crippen LogP contribution in [0.5, 0.6) is 0 Å². The average Bonchev–Trinajstić information content (AvgIpc) is 3.34. The van der Waals surface area contributed by atoms with Crippen LogP contribution in [0.2, 0.25) is 0 Å². The van der Waals surface area contributed by atoms with Gasteiger partial charge in [-0.3, -0.25) is 4.79 Å². The highest BCUT2D eigenvalue weighted by molar-refractivity contribution is 7.86. The summed E-state index contributed by atoms with van der Waals surface area (Å²) in [6.45, 7) is 3.78. The largest absolute Gasteiger partial charge is 0.340 e. The minimum Gasteiger partial charge on any atom is -0.340 e. The van der Waals surface area contributed by atoms with Crippen LogP contribution in [0.4, 0.5) is 3.89 Å². The molecule has 0 amide bonds. The molecule has 2 aromatic heterocycles. The van der Waals surface area contributed by atoms with Gasteiger partial charge in [-0.1, -0.05) is 31.5 Å². The van der Waals surface area contributed by atoms with E-state index >= 15 is 0 Å². The number of nitriles is 1. The van der Waals surface area contributed by atoms with Crippen LogP contribution in [0.25, 0.3) is 44.0 Å². The number of H-pyrrole nitrogens is 1. The third-order valence-corrected chi connectivity index (χ3v) is 8.82. The molecule has 0 radical (unpaired) electrons. The molecule has 1 saturated heterocycles. The monoisotopic (exact) mass is 556 g/mol. The highest BCUT2D eigenvalue weighted by Crippen LogP contribution is 2.36. The number of benzene rings is 3. The van der Waals surface area contributed by atoms with Gasteiger partial charge in [-0.15, -0.1) is 3.89 Å². The summed E-state index contributed by atoms with van der Waals surface area (Å²) in [5.41, 5.74) is 4.91. The third kappa shape index (κ3) is 4.47. The van der Waals surface area contributed by atoms with E-state index < -0.39 is 10.2 Å². The normalized spacial score (nSPS) is 14.7. The van der Waals surface area contributed by atoms with E-state index in [-0.39, 0.29) is 16.4 Å². The van der Waals surface area contributed by atoms with E-state index in [0.717, 1.165) is 66.3 Å². The molecule has 3 heterocycles. The molecule has 6 rings (SSSR count). The van der Waals surface area contributed by atoms with Crippen LogP contribution in [0.3, 0.4) is 0 Å². The molecular formula is C31H29FN4O3S. The Kier molecular flexibility index (Phi) is 6.69. The summed E-state index contributed by atoms with van der Waals surface area (Å²) in [4.78, 5) is 17.2. The van der Waals surface area contributed by atoms with E-state index in [2.05, 4.69) is 27.9 Å². The molecule has 1 fully saturated rings. The van der Waals surface area contributed by atoms with Gasteiger partial charge in [-0.25, -0.2) is 0 Å². The van der Waals surface area contributed by atoms with Gasteiger partial charge >= 0.3 is 10.2 Å². The zero-order chi connectivity index (χ0) is 28.0. The molecule has 7 nitrogen and oxygen atoms in total. The summed E-state index contributed by atoms with van der Waals surface area (Å²) in [5, 5.41) is 14.8. The van der Waals surface area contributed by atoms with E-state index in [1.807, 2.05) is 18.2 Å². The van der Waals surface area contributed by atoms with Crippen molar-refractivity contribution >= 4 is 43.1 Å². The van der Waals surface area contributed by atoms with Crippen molar-refractivity contribution in [1.29, 1.82) is 5.26 Å². The number of aromatic amines is 1. The van der Waals surface area contributed by atoms with Gasteiger partial charge in [0.25, 0.3) is 0 Å². The second-order valence-electron chi connectivity index (χ2n) is 10.5. The van der Waals surface area contributed by atoms with Crippen molar-refractivity contribution < 1.29 is 12.3 Å². The molecule has 1 aliphatic rings. The van der Waals surface area contributed by atoms with Gasteiger partial charge in [0.2, 0.25) is 0 Å². The predicted octanol–water partition coefficient (Wildman–Crippen LogP) is 6.10. The number of halogens is 1. The minimum atomic E-state index is -4.88.